The number of esters is 2. The first-order valence-electron chi connectivity index (χ1n) is 11.9. The number of hydrogen-bond donors (Lipinski definition) is 0. The largest absolute Gasteiger partial charge is 0.423 e. The highest BCUT2D eigenvalue weighted by molar-refractivity contribution is 5.93. The number of unbranched alkanes of at least 4 members (excludes halogenated alkanes) is 6. The summed E-state index contributed by atoms with van der Waals surface area (Å²) in [5.74, 6) is -0.0829. The highest BCUT2D eigenvalue weighted by Gasteiger charge is 2.10. The van der Waals surface area contributed by atoms with Gasteiger partial charge in [0.2, 0.25) is 0 Å². The van der Waals surface area contributed by atoms with E-state index in [2.05, 4.69) is 13.8 Å². The Morgan fingerprint density at radius 3 is 1.44 bits per heavy atom. The van der Waals surface area contributed by atoms with E-state index >= 15 is 0 Å². The molecule has 0 atom stereocenters. The number of para-hydroxylation sites is 2. The van der Waals surface area contributed by atoms with E-state index in [1.165, 1.54) is 25.7 Å². The Morgan fingerprint density at radius 2 is 1.03 bits per heavy atom. The maximum atomic E-state index is 12.3. The fourth-order valence-electron chi connectivity index (χ4n) is 3.53. The van der Waals surface area contributed by atoms with Gasteiger partial charge in [-0.15, -0.1) is 0 Å². The number of aryl methyl sites for hydroxylation is 2. The molecular formula is C28H36O4. The van der Waals surface area contributed by atoms with Crippen molar-refractivity contribution in [3.63, 3.8) is 0 Å². The van der Waals surface area contributed by atoms with Crippen molar-refractivity contribution < 1.29 is 19.1 Å². The quantitative estimate of drug-likeness (QED) is 0.138. The zero-order valence-electron chi connectivity index (χ0n) is 19.5. The number of carbonyl (C=O) groups excluding carboxylic acids is 2. The van der Waals surface area contributed by atoms with Crippen LogP contribution < -0.4 is 9.47 Å². The number of hydrogen-bond acceptors (Lipinski definition) is 4. The summed E-state index contributed by atoms with van der Waals surface area (Å²) in [5, 5.41) is 0. The fourth-order valence-corrected chi connectivity index (χ4v) is 3.53. The third kappa shape index (κ3) is 9.51. The molecule has 0 bridgehead atoms. The summed E-state index contributed by atoms with van der Waals surface area (Å²) in [7, 11) is 0. The van der Waals surface area contributed by atoms with E-state index in [1.54, 1.807) is 12.1 Å². The molecule has 0 aromatic heterocycles. The zero-order valence-corrected chi connectivity index (χ0v) is 19.5. The Bertz CT molecular complexity index is 798. The molecule has 32 heavy (non-hydrogen) atoms. The molecular weight excluding hydrogens is 400 g/mol. The molecule has 0 aliphatic rings. The van der Waals surface area contributed by atoms with Crippen LogP contribution in [0.15, 0.2) is 60.7 Å². The lowest BCUT2D eigenvalue weighted by Gasteiger charge is -2.09. The average Bonchev–Trinajstić information content (AvgIpc) is 2.80. The van der Waals surface area contributed by atoms with Gasteiger partial charge in [0.05, 0.1) is 0 Å². The molecule has 0 N–H and O–H groups in total. The van der Waals surface area contributed by atoms with Crippen molar-refractivity contribution in [1.29, 1.82) is 0 Å². The van der Waals surface area contributed by atoms with E-state index in [4.69, 9.17) is 9.47 Å². The van der Waals surface area contributed by atoms with Crippen LogP contribution in [-0.2, 0) is 22.4 Å². The number of benzene rings is 2. The van der Waals surface area contributed by atoms with Crippen molar-refractivity contribution >= 4 is 11.9 Å². The van der Waals surface area contributed by atoms with Crippen molar-refractivity contribution in [3.8, 4) is 11.5 Å². The molecule has 0 amide bonds. The van der Waals surface area contributed by atoms with Gasteiger partial charge in [-0.3, -0.25) is 0 Å². The standard InChI is InChI=1S/C28H36O4/c1-3-5-7-9-15-23-17-11-13-19-25(23)31-27(29)21-22-28(30)32-26-20-14-12-18-24(26)16-10-8-6-4-2/h11-14,17-22H,3-10,15-16H2,1-2H3. The summed E-state index contributed by atoms with van der Waals surface area (Å²) in [6.07, 6.45) is 13.2. The van der Waals surface area contributed by atoms with Gasteiger partial charge in [-0.2, -0.15) is 0 Å². The molecule has 0 aliphatic heterocycles. The van der Waals surface area contributed by atoms with Crippen LogP contribution in [0.4, 0.5) is 0 Å². The van der Waals surface area contributed by atoms with Gasteiger partial charge in [0.15, 0.2) is 0 Å². The first-order valence-corrected chi connectivity index (χ1v) is 11.9. The number of rotatable bonds is 14. The van der Waals surface area contributed by atoms with E-state index in [9.17, 15) is 9.59 Å². The molecule has 4 nitrogen and oxygen atoms in total. The molecule has 0 saturated carbocycles. The molecule has 2 rings (SSSR count). The Morgan fingerprint density at radius 1 is 0.625 bits per heavy atom. The number of carbonyl (C=O) groups is 2. The Kier molecular flexibility index (Phi) is 11.9. The minimum Gasteiger partial charge on any atom is -0.423 e. The molecule has 2 aromatic rings. The van der Waals surface area contributed by atoms with Gasteiger partial charge in [-0.1, -0.05) is 88.8 Å². The van der Waals surface area contributed by atoms with E-state index in [1.807, 2.05) is 36.4 Å². The normalized spacial score (nSPS) is 10.9. The molecule has 0 spiro atoms. The summed E-state index contributed by atoms with van der Waals surface area (Å²) >= 11 is 0. The fraction of sp³-hybridized carbons (Fsp3) is 0.429. The molecule has 0 unspecified atom stereocenters. The second-order valence-electron chi connectivity index (χ2n) is 8.01. The second-order valence-corrected chi connectivity index (χ2v) is 8.01. The molecule has 172 valence electrons. The maximum Gasteiger partial charge on any atom is 0.336 e. The monoisotopic (exact) mass is 436 g/mol. The van der Waals surface area contributed by atoms with Gasteiger partial charge in [0.1, 0.15) is 11.5 Å². The van der Waals surface area contributed by atoms with E-state index in [-0.39, 0.29) is 0 Å². The van der Waals surface area contributed by atoms with Crippen molar-refractivity contribution in [3.05, 3.63) is 71.8 Å². The summed E-state index contributed by atoms with van der Waals surface area (Å²) < 4.78 is 10.9. The highest BCUT2D eigenvalue weighted by atomic mass is 16.5. The average molecular weight is 437 g/mol. The van der Waals surface area contributed by atoms with Crippen molar-refractivity contribution in [2.24, 2.45) is 0 Å². The molecule has 2 aromatic carbocycles. The first kappa shape index (κ1) is 25.4. The smallest absolute Gasteiger partial charge is 0.336 e. The summed E-state index contributed by atoms with van der Waals surface area (Å²) in [5.41, 5.74) is 2.01. The van der Waals surface area contributed by atoms with Gasteiger partial charge >= 0.3 is 11.9 Å². The SMILES string of the molecule is CCCCCCc1ccccc1OC(=O)C=CC(=O)Oc1ccccc1CCCCCC. The van der Waals surface area contributed by atoms with E-state index in [0.29, 0.717) is 11.5 Å². The minimum absolute atomic E-state index is 0.546. The Labute approximate surface area is 192 Å². The second kappa shape index (κ2) is 15.0. The molecule has 0 heterocycles. The van der Waals surface area contributed by atoms with Crippen molar-refractivity contribution in [2.45, 2.75) is 78.1 Å². The summed E-state index contributed by atoms with van der Waals surface area (Å²) in [6.45, 7) is 4.36. The highest BCUT2D eigenvalue weighted by Crippen LogP contribution is 2.22. The van der Waals surface area contributed by atoms with E-state index in [0.717, 1.165) is 61.8 Å². The first-order chi connectivity index (χ1) is 15.6. The van der Waals surface area contributed by atoms with Crippen LogP contribution in [0.3, 0.4) is 0 Å². The van der Waals surface area contributed by atoms with Gasteiger partial charge in [0.25, 0.3) is 0 Å². The van der Waals surface area contributed by atoms with Gasteiger partial charge < -0.3 is 9.47 Å². The van der Waals surface area contributed by atoms with Crippen molar-refractivity contribution in [2.75, 3.05) is 0 Å². The summed E-state index contributed by atoms with van der Waals surface area (Å²) in [6, 6.07) is 15.1. The van der Waals surface area contributed by atoms with Crippen LogP contribution in [0.5, 0.6) is 11.5 Å². The Hall–Kier alpha value is -2.88. The predicted molar refractivity (Wildman–Crippen MR) is 129 cm³/mol. The molecule has 4 heteroatoms. The topological polar surface area (TPSA) is 52.6 Å². The predicted octanol–water partition coefficient (Wildman–Crippen LogP) is 7.00. The van der Waals surface area contributed by atoms with Gasteiger partial charge in [0, 0.05) is 12.2 Å². The summed E-state index contributed by atoms with van der Waals surface area (Å²) in [4.78, 5) is 24.5. The van der Waals surface area contributed by atoms with Crippen LogP contribution in [0.1, 0.15) is 76.3 Å². The van der Waals surface area contributed by atoms with Crippen LogP contribution in [0, 0.1) is 0 Å². The van der Waals surface area contributed by atoms with Crippen LogP contribution >= 0.6 is 0 Å². The van der Waals surface area contributed by atoms with Crippen LogP contribution in [-0.4, -0.2) is 11.9 Å². The minimum atomic E-state index is -0.587. The zero-order chi connectivity index (χ0) is 23.0. The molecule has 0 aliphatic carbocycles. The third-order valence-electron chi connectivity index (χ3n) is 5.32. The molecule has 0 fully saturated rings. The number of ether oxygens (including phenoxy) is 2. The lowest BCUT2D eigenvalue weighted by atomic mass is 10.1. The molecule has 0 radical (unpaired) electrons. The maximum absolute atomic E-state index is 12.3. The van der Waals surface area contributed by atoms with E-state index < -0.39 is 11.9 Å². The van der Waals surface area contributed by atoms with Crippen LogP contribution in [0.25, 0.3) is 0 Å². The Balaban J connectivity index is 1.89. The van der Waals surface area contributed by atoms with Gasteiger partial charge in [-0.25, -0.2) is 9.59 Å². The lowest BCUT2D eigenvalue weighted by molar-refractivity contribution is -0.131. The van der Waals surface area contributed by atoms with Crippen LogP contribution in [0.2, 0.25) is 0 Å². The molecule has 0 saturated heterocycles. The third-order valence-corrected chi connectivity index (χ3v) is 5.32. The van der Waals surface area contributed by atoms with Crippen molar-refractivity contribution in [1.82, 2.24) is 0 Å². The van der Waals surface area contributed by atoms with Gasteiger partial charge in [-0.05, 0) is 48.9 Å². The lowest BCUT2D eigenvalue weighted by Crippen LogP contribution is -2.10.